The molecule has 0 unspecified atom stereocenters. The van der Waals surface area contributed by atoms with Crippen molar-refractivity contribution in [3.05, 3.63) is 18.2 Å². The summed E-state index contributed by atoms with van der Waals surface area (Å²) >= 11 is 0. The lowest BCUT2D eigenvalue weighted by molar-refractivity contribution is -0.118. The molecule has 1 aromatic carbocycles. The van der Waals surface area contributed by atoms with Crippen LogP contribution in [0.1, 0.15) is 12.8 Å². The zero-order chi connectivity index (χ0) is 13.2. The molecule has 5 nitrogen and oxygen atoms in total. The summed E-state index contributed by atoms with van der Waals surface area (Å²) in [7, 11) is 2.02. The maximum absolute atomic E-state index is 11.3. The van der Waals surface area contributed by atoms with Crippen molar-refractivity contribution in [1.29, 1.82) is 0 Å². The molecule has 2 heterocycles. The molecule has 0 spiro atoms. The monoisotopic (exact) mass is 261 g/mol. The molecule has 1 aromatic rings. The van der Waals surface area contributed by atoms with Crippen LogP contribution in [-0.4, -0.2) is 38.7 Å². The first kappa shape index (κ1) is 12.3. The summed E-state index contributed by atoms with van der Waals surface area (Å²) in [6.07, 6.45) is 2.30. The predicted molar refractivity (Wildman–Crippen MR) is 74.9 cm³/mol. The van der Waals surface area contributed by atoms with Gasteiger partial charge in [-0.05, 0) is 38.1 Å². The van der Waals surface area contributed by atoms with Gasteiger partial charge in [-0.15, -0.1) is 0 Å². The second kappa shape index (κ2) is 5.09. The second-order valence-electron chi connectivity index (χ2n) is 5.07. The molecule has 0 saturated carbocycles. The molecule has 0 aliphatic carbocycles. The van der Waals surface area contributed by atoms with Gasteiger partial charge < -0.3 is 20.3 Å². The number of piperidine rings is 1. The number of amides is 1. The van der Waals surface area contributed by atoms with Crippen molar-refractivity contribution in [1.82, 2.24) is 5.32 Å². The highest BCUT2D eigenvalue weighted by molar-refractivity contribution is 5.96. The Morgan fingerprint density at radius 2 is 2.16 bits per heavy atom. The Bertz CT molecular complexity index is 482. The highest BCUT2D eigenvalue weighted by atomic mass is 16.5. The zero-order valence-electron chi connectivity index (χ0n) is 11.1. The number of carbonyl (C=O) groups is 1. The van der Waals surface area contributed by atoms with Crippen molar-refractivity contribution in [2.24, 2.45) is 0 Å². The van der Waals surface area contributed by atoms with Crippen LogP contribution in [0.4, 0.5) is 11.4 Å². The number of anilines is 2. The van der Waals surface area contributed by atoms with E-state index < -0.39 is 0 Å². The van der Waals surface area contributed by atoms with Crippen LogP contribution in [0.2, 0.25) is 0 Å². The average molecular weight is 261 g/mol. The molecule has 19 heavy (non-hydrogen) atoms. The van der Waals surface area contributed by atoms with Gasteiger partial charge in [0.2, 0.25) is 0 Å². The van der Waals surface area contributed by atoms with Crippen LogP contribution < -0.4 is 20.3 Å². The molecule has 0 aromatic heterocycles. The molecular weight excluding hydrogens is 242 g/mol. The lowest BCUT2D eigenvalue weighted by Crippen LogP contribution is -2.41. The topological polar surface area (TPSA) is 53.6 Å². The Morgan fingerprint density at radius 1 is 1.37 bits per heavy atom. The Morgan fingerprint density at radius 3 is 2.89 bits per heavy atom. The highest BCUT2D eigenvalue weighted by Gasteiger charge is 2.21. The summed E-state index contributed by atoms with van der Waals surface area (Å²) in [6.45, 7) is 2.19. The first-order valence-electron chi connectivity index (χ1n) is 6.75. The quantitative estimate of drug-likeness (QED) is 0.840. The van der Waals surface area contributed by atoms with Gasteiger partial charge >= 0.3 is 0 Å². The number of rotatable bonds is 2. The van der Waals surface area contributed by atoms with E-state index in [0.717, 1.165) is 43.1 Å². The maximum atomic E-state index is 11.3. The van der Waals surface area contributed by atoms with E-state index in [4.69, 9.17) is 4.74 Å². The van der Waals surface area contributed by atoms with Gasteiger partial charge in [0.1, 0.15) is 5.75 Å². The summed E-state index contributed by atoms with van der Waals surface area (Å²) in [5.41, 5.74) is 1.93. The largest absolute Gasteiger partial charge is 0.482 e. The van der Waals surface area contributed by atoms with Crippen LogP contribution in [0.5, 0.6) is 5.75 Å². The average Bonchev–Trinajstić information content (AvgIpc) is 2.46. The zero-order valence-corrected chi connectivity index (χ0v) is 11.1. The number of carbonyl (C=O) groups excluding carboxylic acids is 1. The SMILES string of the molecule is CNC1CCN(c2ccc3c(c2)NC(=O)CO3)CC1. The van der Waals surface area contributed by atoms with Gasteiger partial charge in [-0.1, -0.05) is 0 Å². The van der Waals surface area contributed by atoms with Gasteiger partial charge in [-0.25, -0.2) is 0 Å². The molecule has 2 aliphatic rings. The van der Waals surface area contributed by atoms with Gasteiger partial charge in [0.15, 0.2) is 6.61 Å². The van der Waals surface area contributed by atoms with Crippen LogP contribution in [0, 0.1) is 0 Å². The molecule has 1 saturated heterocycles. The standard InChI is InChI=1S/C14H19N3O2/c1-15-10-4-6-17(7-5-10)11-2-3-13-12(8-11)16-14(18)9-19-13/h2-3,8,10,15H,4-7,9H2,1H3,(H,16,18). The minimum atomic E-state index is -0.0847. The van der Waals surface area contributed by atoms with Crippen molar-refractivity contribution in [3.8, 4) is 5.75 Å². The van der Waals surface area contributed by atoms with Gasteiger partial charge in [0.05, 0.1) is 5.69 Å². The molecule has 1 amide bonds. The number of hydrogen-bond acceptors (Lipinski definition) is 4. The van der Waals surface area contributed by atoms with E-state index in [1.165, 1.54) is 0 Å². The fourth-order valence-corrected chi connectivity index (χ4v) is 2.69. The van der Waals surface area contributed by atoms with E-state index in [0.29, 0.717) is 6.04 Å². The Balaban J connectivity index is 1.75. The summed E-state index contributed by atoms with van der Waals surface area (Å²) in [4.78, 5) is 13.7. The Hall–Kier alpha value is -1.75. The number of benzene rings is 1. The van der Waals surface area contributed by atoms with Gasteiger partial charge in [-0.2, -0.15) is 0 Å². The normalized spacial score (nSPS) is 19.6. The summed E-state index contributed by atoms with van der Waals surface area (Å²) in [5, 5.41) is 6.18. The van der Waals surface area contributed by atoms with Crippen LogP contribution in [0.15, 0.2) is 18.2 Å². The van der Waals surface area contributed by atoms with E-state index in [9.17, 15) is 4.79 Å². The van der Waals surface area contributed by atoms with Crippen LogP contribution in [-0.2, 0) is 4.79 Å². The third-order valence-electron chi connectivity index (χ3n) is 3.86. The lowest BCUT2D eigenvalue weighted by atomic mass is 10.0. The van der Waals surface area contributed by atoms with E-state index in [1.54, 1.807) is 0 Å². The summed E-state index contributed by atoms with van der Waals surface area (Å²) in [6, 6.07) is 6.63. The molecule has 0 bridgehead atoms. The molecular formula is C14H19N3O2. The van der Waals surface area contributed by atoms with Crippen LogP contribution >= 0.6 is 0 Å². The fourth-order valence-electron chi connectivity index (χ4n) is 2.69. The molecule has 0 radical (unpaired) electrons. The lowest BCUT2D eigenvalue weighted by Gasteiger charge is -2.34. The first-order valence-corrected chi connectivity index (χ1v) is 6.75. The van der Waals surface area contributed by atoms with Crippen molar-refractivity contribution < 1.29 is 9.53 Å². The number of ether oxygens (including phenoxy) is 1. The van der Waals surface area contributed by atoms with E-state index in [2.05, 4.69) is 21.6 Å². The van der Waals surface area contributed by atoms with Crippen LogP contribution in [0.3, 0.4) is 0 Å². The predicted octanol–water partition coefficient (Wildman–Crippen LogP) is 1.21. The molecule has 5 heteroatoms. The number of nitrogens with one attached hydrogen (secondary N) is 2. The van der Waals surface area contributed by atoms with Gasteiger partial charge in [-0.3, -0.25) is 4.79 Å². The molecule has 2 N–H and O–H groups in total. The Kier molecular flexibility index (Phi) is 3.29. The number of hydrogen-bond donors (Lipinski definition) is 2. The molecule has 102 valence electrons. The second-order valence-corrected chi connectivity index (χ2v) is 5.07. The van der Waals surface area contributed by atoms with Crippen molar-refractivity contribution in [2.45, 2.75) is 18.9 Å². The summed E-state index contributed by atoms with van der Waals surface area (Å²) < 4.78 is 5.37. The number of fused-ring (bicyclic) bond motifs is 1. The van der Waals surface area contributed by atoms with Crippen molar-refractivity contribution >= 4 is 17.3 Å². The van der Waals surface area contributed by atoms with Crippen molar-refractivity contribution in [2.75, 3.05) is 37.0 Å². The van der Waals surface area contributed by atoms with Gasteiger partial charge in [0.25, 0.3) is 5.91 Å². The first-order chi connectivity index (χ1) is 9.26. The Labute approximate surface area is 112 Å². The van der Waals surface area contributed by atoms with Gasteiger partial charge in [0, 0.05) is 24.8 Å². The highest BCUT2D eigenvalue weighted by Crippen LogP contribution is 2.32. The van der Waals surface area contributed by atoms with Crippen LogP contribution in [0.25, 0.3) is 0 Å². The van der Waals surface area contributed by atoms with Crippen molar-refractivity contribution in [3.63, 3.8) is 0 Å². The third-order valence-corrected chi connectivity index (χ3v) is 3.86. The maximum Gasteiger partial charge on any atom is 0.262 e. The molecule has 0 atom stereocenters. The minimum Gasteiger partial charge on any atom is -0.482 e. The molecule has 1 fully saturated rings. The third kappa shape index (κ3) is 2.51. The number of nitrogens with zero attached hydrogens (tertiary/aromatic N) is 1. The van der Waals surface area contributed by atoms with E-state index in [1.807, 2.05) is 19.2 Å². The van der Waals surface area contributed by atoms with E-state index in [-0.39, 0.29) is 12.5 Å². The molecule has 3 rings (SSSR count). The minimum absolute atomic E-state index is 0.0847. The van der Waals surface area contributed by atoms with E-state index >= 15 is 0 Å². The smallest absolute Gasteiger partial charge is 0.262 e. The molecule has 2 aliphatic heterocycles. The summed E-state index contributed by atoms with van der Waals surface area (Å²) in [5.74, 6) is 0.673. The fraction of sp³-hybridized carbons (Fsp3) is 0.500.